The summed E-state index contributed by atoms with van der Waals surface area (Å²) in [6.45, 7) is 8.83. The second-order valence-corrected chi connectivity index (χ2v) is 5.34. The second-order valence-electron chi connectivity index (χ2n) is 5.34. The number of nitrogens with one attached hydrogen (secondary N) is 2. The molecule has 0 heterocycles. The number of rotatable bonds is 7. The van der Waals surface area contributed by atoms with Crippen molar-refractivity contribution in [1.82, 2.24) is 10.6 Å². The molecule has 3 N–H and O–H groups in total. The molecule has 0 aromatic heterocycles. The fourth-order valence-corrected chi connectivity index (χ4v) is 2.13. The van der Waals surface area contributed by atoms with Gasteiger partial charge in [0.05, 0.1) is 12.1 Å². The van der Waals surface area contributed by atoms with Gasteiger partial charge >= 0.3 is 0 Å². The zero-order valence-electron chi connectivity index (χ0n) is 12.1. The maximum absolute atomic E-state index is 10.0. The third-order valence-electron chi connectivity index (χ3n) is 3.87. The van der Waals surface area contributed by atoms with Crippen molar-refractivity contribution in [2.75, 3.05) is 19.6 Å². The van der Waals surface area contributed by atoms with Gasteiger partial charge in [0.1, 0.15) is 0 Å². The van der Waals surface area contributed by atoms with Crippen LogP contribution in [-0.2, 0) is 0 Å². The summed E-state index contributed by atoms with van der Waals surface area (Å²) >= 11 is 0. The molecule has 18 heavy (non-hydrogen) atoms. The van der Waals surface area contributed by atoms with Crippen LogP contribution >= 0.6 is 0 Å². The van der Waals surface area contributed by atoms with Crippen LogP contribution in [0.25, 0.3) is 0 Å². The van der Waals surface area contributed by atoms with E-state index in [1.807, 2.05) is 0 Å². The molecule has 1 aliphatic rings. The molecule has 1 fully saturated rings. The number of aliphatic imine (C=N–C) groups is 1. The minimum Gasteiger partial charge on any atom is -0.388 e. The van der Waals surface area contributed by atoms with Crippen LogP contribution in [0.2, 0.25) is 0 Å². The summed E-state index contributed by atoms with van der Waals surface area (Å²) in [5, 5.41) is 16.6. The van der Waals surface area contributed by atoms with Crippen molar-refractivity contribution in [1.29, 1.82) is 0 Å². The average molecular weight is 255 g/mol. The van der Waals surface area contributed by atoms with Crippen LogP contribution < -0.4 is 10.6 Å². The Morgan fingerprint density at radius 3 is 2.33 bits per heavy atom. The molecule has 0 aliphatic heterocycles. The minimum atomic E-state index is -0.530. The van der Waals surface area contributed by atoms with E-state index in [0.29, 0.717) is 12.5 Å². The molecule has 0 aromatic rings. The molecule has 0 spiro atoms. The first-order valence-corrected chi connectivity index (χ1v) is 7.38. The van der Waals surface area contributed by atoms with E-state index in [0.717, 1.165) is 38.3 Å². The van der Waals surface area contributed by atoms with Gasteiger partial charge in [0, 0.05) is 13.1 Å². The lowest BCUT2D eigenvalue weighted by molar-refractivity contribution is -0.0236. The number of hydrogen-bond donors (Lipinski definition) is 3. The first kappa shape index (κ1) is 15.3. The van der Waals surface area contributed by atoms with Crippen LogP contribution in [0.3, 0.4) is 0 Å². The van der Waals surface area contributed by atoms with E-state index in [1.165, 1.54) is 12.8 Å². The lowest BCUT2D eigenvalue weighted by Gasteiger charge is -2.35. The van der Waals surface area contributed by atoms with Crippen LogP contribution in [0.1, 0.15) is 52.9 Å². The van der Waals surface area contributed by atoms with Gasteiger partial charge in [-0.25, -0.2) is 0 Å². The third-order valence-corrected chi connectivity index (χ3v) is 3.87. The topological polar surface area (TPSA) is 56.7 Å². The van der Waals surface area contributed by atoms with Crippen LogP contribution in [-0.4, -0.2) is 36.3 Å². The van der Waals surface area contributed by atoms with E-state index < -0.39 is 5.60 Å². The summed E-state index contributed by atoms with van der Waals surface area (Å²) in [6.07, 6.45) is 5.29. The Hall–Kier alpha value is -0.770. The predicted molar refractivity (Wildman–Crippen MR) is 76.9 cm³/mol. The average Bonchev–Trinajstić information content (AvgIpc) is 2.34. The van der Waals surface area contributed by atoms with Crippen LogP contribution in [0.5, 0.6) is 0 Å². The van der Waals surface area contributed by atoms with E-state index in [9.17, 15) is 5.11 Å². The molecule has 0 atom stereocenters. The summed E-state index contributed by atoms with van der Waals surface area (Å²) in [5.74, 6) is 1.53. The maximum Gasteiger partial charge on any atom is 0.191 e. The van der Waals surface area contributed by atoms with Crippen molar-refractivity contribution in [3.05, 3.63) is 0 Å². The van der Waals surface area contributed by atoms with E-state index in [-0.39, 0.29) is 0 Å². The highest BCUT2D eigenvalue weighted by Crippen LogP contribution is 2.31. The number of hydrogen-bond acceptors (Lipinski definition) is 2. The van der Waals surface area contributed by atoms with Gasteiger partial charge in [0.2, 0.25) is 0 Å². The highest BCUT2D eigenvalue weighted by atomic mass is 16.3. The van der Waals surface area contributed by atoms with Gasteiger partial charge in [-0.2, -0.15) is 0 Å². The van der Waals surface area contributed by atoms with Gasteiger partial charge < -0.3 is 15.7 Å². The molecule has 4 heteroatoms. The standard InChI is InChI=1S/C14H29N3O/c1-4-12(5-2)10-16-13(15-6-3)17-11-14(18)8-7-9-14/h12,18H,4-11H2,1-3H3,(H2,15,16,17). The molecule has 1 rings (SSSR count). The minimum absolute atomic E-state index is 0.519. The number of guanidine groups is 1. The van der Waals surface area contributed by atoms with E-state index in [4.69, 9.17) is 0 Å². The van der Waals surface area contributed by atoms with Crippen molar-refractivity contribution in [2.45, 2.75) is 58.5 Å². The van der Waals surface area contributed by atoms with E-state index in [1.54, 1.807) is 0 Å². The van der Waals surface area contributed by atoms with E-state index >= 15 is 0 Å². The Bertz CT molecular complexity index is 258. The Labute approximate surface area is 111 Å². The molecule has 0 unspecified atom stereocenters. The van der Waals surface area contributed by atoms with Crippen molar-refractivity contribution < 1.29 is 5.11 Å². The first-order chi connectivity index (χ1) is 8.63. The fourth-order valence-electron chi connectivity index (χ4n) is 2.13. The van der Waals surface area contributed by atoms with Crippen molar-refractivity contribution in [2.24, 2.45) is 10.9 Å². The maximum atomic E-state index is 10.0. The Kier molecular flexibility index (Phi) is 6.47. The Balaban J connectivity index is 2.40. The molecule has 1 saturated carbocycles. The summed E-state index contributed by atoms with van der Waals surface area (Å²) in [6, 6.07) is 0. The van der Waals surface area contributed by atoms with Gasteiger partial charge in [0.15, 0.2) is 5.96 Å². The van der Waals surface area contributed by atoms with Crippen molar-refractivity contribution in [3.63, 3.8) is 0 Å². The van der Waals surface area contributed by atoms with Gasteiger partial charge in [-0.15, -0.1) is 0 Å². The Morgan fingerprint density at radius 1 is 1.22 bits per heavy atom. The van der Waals surface area contributed by atoms with E-state index in [2.05, 4.69) is 36.4 Å². The number of nitrogens with zero attached hydrogens (tertiary/aromatic N) is 1. The largest absolute Gasteiger partial charge is 0.388 e. The molecule has 106 valence electrons. The van der Waals surface area contributed by atoms with Crippen LogP contribution in [0.4, 0.5) is 0 Å². The van der Waals surface area contributed by atoms with Crippen molar-refractivity contribution >= 4 is 5.96 Å². The zero-order chi connectivity index (χ0) is 13.4. The molecule has 0 radical (unpaired) electrons. The molecular weight excluding hydrogens is 226 g/mol. The lowest BCUT2D eigenvalue weighted by Crippen LogP contribution is -2.44. The SMILES string of the molecule is CCNC(=NCC1(O)CCC1)NCC(CC)CC. The Morgan fingerprint density at radius 2 is 1.89 bits per heavy atom. The number of aliphatic hydroxyl groups is 1. The van der Waals surface area contributed by atoms with Gasteiger partial charge in [0.25, 0.3) is 0 Å². The zero-order valence-corrected chi connectivity index (χ0v) is 12.1. The third kappa shape index (κ3) is 4.84. The molecule has 0 aromatic carbocycles. The smallest absolute Gasteiger partial charge is 0.191 e. The molecule has 0 bridgehead atoms. The van der Waals surface area contributed by atoms with Crippen molar-refractivity contribution in [3.8, 4) is 0 Å². The fraction of sp³-hybridized carbons (Fsp3) is 0.929. The van der Waals surface area contributed by atoms with Gasteiger partial charge in [-0.3, -0.25) is 4.99 Å². The highest BCUT2D eigenvalue weighted by molar-refractivity contribution is 5.79. The van der Waals surface area contributed by atoms with Gasteiger partial charge in [-0.05, 0) is 32.1 Å². The monoisotopic (exact) mass is 255 g/mol. The van der Waals surface area contributed by atoms with Gasteiger partial charge in [-0.1, -0.05) is 26.7 Å². The summed E-state index contributed by atoms with van der Waals surface area (Å²) in [4.78, 5) is 4.49. The molecular formula is C14H29N3O. The summed E-state index contributed by atoms with van der Waals surface area (Å²) in [7, 11) is 0. The molecule has 1 aliphatic carbocycles. The summed E-state index contributed by atoms with van der Waals surface area (Å²) < 4.78 is 0. The first-order valence-electron chi connectivity index (χ1n) is 7.38. The highest BCUT2D eigenvalue weighted by Gasteiger charge is 2.34. The second kappa shape index (κ2) is 7.62. The quantitative estimate of drug-likeness (QED) is 0.481. The normalized spacial score (nSPS) is 18.6. The molecule has 4 nitrogen and oxygen atoms in total. The van der Waals surface area contributed by atoms with Crippen LogP contribution in [0, 0.1) is 5.92 Å². The predicted octanol–water partition coefficient (Wildman–Crippen LogP) is 1.89. The molecule has 0 amide bonds. The molecule has 0 saturated heterocycles. The lowest BCUT2D eigenvalue weighted by atomic mass is 9.80. The summed E-state index contributed by atoms with van der Waals surface area (Å²) in [5.41, 5.74) is -0.530. The van der Waals surface area contributed by atoms with Crippen LogP contribution in [0.15, 0.2) is 4.99 Å².